The third-order valence-electron chi connectivity index (χ3n) is 3.50. The van der Waals surface area contributed by atoms with E-state index in [9.17, 15) is 9.59 Å². The Morgan fingerprint density at radius 2 is 2.05 bits per heavy atom. The molecule has 1 aliphatic carbocycles. The summed E-state index contributed by atoms with van der Waals surface area (Å²) in [4.78, 5) is 24.0. The average Bonchev–Trinajstić information content (AvgIpc) is 2.31. The fourth-order valence-corrected chi connectivity index (χ4v) is 2.47. The van der Waals surface area contributed by atoms with Gasteiger partial charge in [0.25, 0.3) is 0 Å². The number of aliphatic carboxylic acids is 1. The number of hydrogen-bond acceptors (Lipinski definition) is 3. The van der Waals surface area contributed by atoms with Crippen molar-refractivity contribution in [3.05, 3.63) is 0 Å². The summed E-state index contributed by atoms with van der Waals surface area (Å²) in [6.45, 7) is 2.14. The third-order valence-corrected chi connectivity index (χ3v) is 3.50. The summed E-state index contributed by atoms with van der Waals surface area (Å²) in [5.74, 6) is 1.74. The van der Waals surface area contributed by atoms with Gasteiger partial charge in [-0.25, -0.2) is 0 Å². The fourth-order valence-electron chi connectivity index (χ4n) is 2.47. The van der Waals surface area contributed by atoms with Gasteiger partial charge < -0.3 is 10.4 Å². The van der Waals surface area contributed by atoms with Crippen molar-refractivity contribution in [3.8, 4) is 12.3 Å². The predicted molar refractivity (Wildman–Crippen MR) is 72.5 cm³/mol. The molecule has 19 heavy (non-hydrogen) atoms. The minimum atomic E-state index is -0.978. The molecule has 0 bridgehead atoms. The Hall–Kier alpha value is -1.54. The summed E-state index contributed by atoms with van der Waals surface area (Å²) in [6.07, 6.45) is 9.66. The zero-order valence-electron chi connectivity index (χ0n) is 11.4. The molecule has 1 fully saturated rings. The maximum absolute atomic E-state index is 11.9. The van der Waals surface area contributed by atoms with Gasteiger partial charge in [-0.1, -0.05) is 25.7 Å². The first-order valence-corrected chi connectivity index (χ1v) is 6.70. The highest BCUT2D eigenvalue weighted by Gasteiger charge is 2.23. The van der Waals surface area contributed by atoms with Crippen LogP contribution in [0.2, 0.25) is 0 Å². The number of carboxylic acid groups (broad SMARTS) is 1. The predicted octanol–water partition coefficient (Wildman–Crippen LogP) is 0.701. The highest BCUT2D eigenvalue weighted by Crippen LogP contribution is 2.23. The molecule has 0 aliphatic heterocycles. The van der Waals surface area contributed by atoms with Gasteiger partial charge in [-0.05, 0) is 18.8 Å². The van der Waals surface area contributed by atoms with E-state index in [2.05, 4.69) is 18.2 Å². The number of terminal acetylenes is 1. The second-order valence-corrected chi connectivity index (χ2v) is 5.18. The standard InChI is InChI=1S/C14H22N2O3/c1-3-8-16(10-14(18)19)9-13(17)15-12-7-5-4-6-11(12)2/h1,11-12H,4-10H2,2H3,(H,15,17)(H,18,19). The summed E-state index contributed by atoms with van der Waals surface area (Å²) in [5, 5.41) is 11.7. The van der Waals surface area contributed by atoms with E-state index in [4.69, 9.17) is 11.5 Å². The van der Waals surface area contributed by atoms with Gasteiger partial charge in [0.1, 0.15) is 0 Å². The summed E-state index contributed by atoms with van der Waals surface area (Å²) in [5.41, 5.74) is 0. The highest BCUT2D eigenvalue weighted by molar-refractivity contribution is 5.79. The van der Waals surface area contributed by atoms with Gasteiger partial charge in [-0.2, -0.15) is 0 Å². The van der Waals surface area contributed by atoms with E-state index >= 15 is 0 Å². The molecule has 0 spiro atoms. The SMILES string of the molecule is C#CCN(CC(=O)O)CC(=O)NC1CCCCC1C. The molecule has 2 N–H and O–H groups in total. The van der Waals surface area contributed by atoms with E-state index in [1.54, 1.807) is 0 Å². The zero-order valence-corrected chi connectivity index (χ0v) is 11.4. The van der Waals surface area contributed by atoms with Crippen molar-refractivity contribution in [2.24, 2.45) is 5.92 Å². The molecule has 1 rings (SSSR count). The first-order valence-electron chi connectivity index (χ1n) is 6.70. The molecule has 1 aliphatic rings. The van der Waals surface area contributed by atoms with Gasteiger partial charge in [-0.3, -0.25) is 14.5 Å². The summed E-state index contributed by atoms with van der Waals surface area (Å²) < 4.78 is 0. The Kier molecular flexibility index (Phi) is 6.37. The lowest BCUT2D eigenvalue weighted by Crippen LogP contribution is -2.46. The lowest BCUT2D eigenvalue weighted by Gasteiger charge is -2.30. The van der Waals surface area contributed by atoms with E-state index < -0.39 is 5.97 Å². The minimum Gasteiger partial charge on any atom is -0.480 e. The van der Waals surface area contributed by atoms with Crippen LogP contribution >= 0.6 is 0 Å². The number of nitrogens with one attached hydrogen (secondary N) is 1. The molecule has 5 heteroatoms. The van der Waals surface area contributed by atoms with Crippen molar-refractivity contribution in [1.29, 1.82) is 0 Å². The molecular formula is C14H22N2O3. The van der Waals surface area contributed by atoms with Crippen LogP contribution in [0.1, 0.15) is 32.6 Å². The molecule has 2 atom stereocenters. The topological polar surface area (TPSA) is 69.6 Å². The number of rotatable bonds is 6. The number of amides is 1. The van der Waals surface area contributed by atoms with Crippen LogP contribution in [0.3, 0.4) is 0 Å². The van der Waals surface area contributed by atoms with Crippen LogP contribution in [0.4, 0.5) is 0 Å². The number of carbonyl (C=O) groups excluding carboxylic acids is 1. The lowest BCUT2D eigenvalue weighted by atomic mass is 9.86. The van der Waals surface area contributed by atoms with Gasteiger partial charge in [0.05, 0.1) is 19.6 Å². The van der Waals surface area contributed by atoms with E-state index in [0.29, 0.717) is 5.92 Å². The van der Waals surface area contributed by atoms with Crippen molar-refractivity contribution in [2.75, 3.05) is 19.6 Å². The third kappa shape index (κ3) is 5.75. The average molecular weight is 266 g/mol. The number of carbonyl (C=O) groups is 2. The molecule has 0 radical (unpaired) electrons. The van der Waals surface area contributed by atoms with Crippen molar-refractivity contribution < 1.29 is 14.7 Å². The van der Waals surface area contributed by atoms with Crippen molar-refractivity contribution in [1.82, 2.24) is 10.2 Å². The molecule has 1 saturated carbocycles. The Morgan fingerprint density at radius 3 is 2.63 bits per heavy atom. The van der Waals surface area contributed by atoms with Crippen LogP contribution in [0.15, 0.2) is 0 Å². The van der Waals surface area contributed by atoms with Gasteiger partial charge in [0, 0.05) is 6.04 Å². The maximum Gasteiger partial charge on any atom is 0.317 e. The van der Waals surface area contributed by atoms with Gasteiger partial charge in [-0.15, -0.1) is 6.42 Å². The Morgan fingerprint density at radius 1 is 1.37 bits per heavy atom. The molecule has 1 amide bonds. The number of nitrogens with zero attached hydrogens (tertiary/aromatic N) is 1. The van der Waals surface area contributed by atoms with Gasteiger partial charge in [0.15, 0.2) is 0 Å². The number of carboxylic acids is 1. The first-order chi connectivity index (χ1) is 9.02. The van der Waals surface area contributed by atoms with Gasteiger partial charge >= 0.3 is 5.97 Å². The molecule has 0 aromatic rings. The van der Waals surface area contributed by atoms with Crippen LogP contribution in [0.25, 0.3) is 0 Å². The van der Waals surface area contributed by atoms with E-state index in [0.717, 1.165) is 19.3 Å². The zero-order chi connectivity index (χ0) is 14.3. The van der Waals surface area contributed by atoms with Crippen LogP contribution in [-0.4, -0.2) is 47.6 Å². The molecule has 0 saturated heterocycles. The normalized spacial score (nSPS) is 22.8. The highest BCUT2D eigenvalue weighted by atomic mass is 16.4. The maximum atomic E-state index is 11.9. The summed E-state index contributed by atoms with van der Waals surface area (Å²) in [6, 6.07) is 0.207. The molecule has 0 aromatic carbocycles. The molecule has 0 aromatic heterocycles. The molecular weight excluding hydrogens is 244 g/mol. The number of hydrogen-bond donors (Lipinski definition) is 2. The lowest BCUT2D eigenvalue weighted by molar-refractivity contribution is -0.138. The Bertz CT molecular complexity index is 362. The fraction of sp³-hybridized carbons (Fsp3) is 0.714. The molecule has 5 nitrogen and oxygen atoms in total. The second kappa shape index (κ2) is 7.80. The van der Waals surface area contributed by atoms with Crippen molar-refractivity contribution in [3.63, 3.8) is 0 Å². The Labute approximate surface area is 114 Å². The first kappa shape index (κ1) is 15.5. The summed E-state index contributed by atoms with van der Waals surface area (Å²) >= 11 is 0. The molecule has 0 heterocycles. The quantitative estimate of drug-likeness (QED) is 0.694. The smallest absolute Gasteiger partial charge is 0.317 e. The van der Waals surface area contributed by atoms with Gasteiger partial charge in [0.2, 0.25) is 5.91 Å². The van der Waals surface area contributed by atoms with Crippen LogP contribution < -0.4 is 5.32 Å². The molecule has 2 unspecified atom stereocenters. The van der Waals surface area contributed by atoms with Crippen molar-refractivity contribution >= 4 is 11.9 Å². The van der Waals surface area contributed by atoms with Crippen LogP contribution in [-0.2, 0) is 9.59 Å². The minimum absolute atomic E-state index is 0.0414. The second-order valence-electron chi connectivity index (χ2n) is 5.18. The van der Waals surface area contributed by atoms with E-state index in [1.165, 1.54) is 11.3 Å². The van der Waals surface area contributed by atoms with Crippen molar-refractivity contribution in [2.45, 2.75) is 38.6 Å². The van der Waals surface area contributed by atoms with E-state index in [-0.39, 0.29) is 31.6 Å². The summed E-state index contributed by atoms with van der Waals surface area (Å²) in [7, 11) is 0. The van der Waals surface area contributed by atoms with E-state index in [1.807, 2.05) is 0 Å². The molecule has 106 valence electrons. The van der Waals surface area contributed by atoms with Crippen LogP contribution in [0, 0.1) is 18.3 Å². The largest absolute Gasteiger partial charge is 0.480 e. The monoisotopic (exact) mass is 266 g/mol. The Balaban J connectivity index is 2.43. The van der Waals surface area contributed by atoms with Crippen LogP contribution in [0.5, 0.6) is 0 Å².